The molecule has 1 aromatic rings. The van der Waals surface area contributed by atoms with E-state index in [2.05, 4.69) is 0 Å². The summed E-state index contributed by atoms with van der Waals surface area (Å²) in [7, 11) is 1.65. The van der Waals surface area contributed by atoms with Crippen LogP contribution in [0, 0.1) is 13.8 Å². The molecule has 1 N–H and O–H groups in total. The van der Waals surface area contributed by atoms with E-state index < -0.39 is 11.2 Å². The van der Waals surface area contributed by atoms with E-state index in [0.717, 1.165) is 22.4 Å². The molecule has 6 heteroatoms. The summed E-state index contributed by atoms with van der Waals surface area (Å²) >= 11 is 0. The Morgan fingerprint density at radius 1 is 1.19 bits per heavy atom. The number of nitrogens with zero attached hydrogens (tertiary/aromatic N) is 1. The maximum atomic E-state index is 12.7. The normalized spacial score (nSPS) is 28.0. The van der Waals surface area contributed by atoms with E-state index in [9.17, 15) is 9.90 Å². The second kappa shape index (κ2) is 6.99. The van der Waals surface area contributed by atoms with Crippen LogP contribution in [0.2, 0.25) is 0 Å². The van der Waals surface area contributed by atoms with Crippen LogP contribution in [0.1, 0.15) is 50.3 Å². The fraction of sp³-hybridized carbons (Fsp3) is 0.667. The summed E-state index contributed by atoms with van der Waals surface area (Å²) in [6.07, 6.45) is 0.524. The number of rotatable bonds is 2. The lowest BCUT2D eigenvalue weighted by atomic mass is 9.75. The number of hydrogen-bond donors (Lipinski definition) is 1. The Hall–Kier alpha value is -1.79. The van der Waals surface area contributed by atoms with Crippen LogP contribution < -0.4 is 4.74 Å². The standard InChI is InChI=1S/C21H31NO5/c1-13-8-18(25-6)14(2)7-17(13)21(24)9-15-11-26-12-16(10-21)22(15)19(23)27-20(3,4)5/h7-8,15-16,24H,9-12H2,1-6H3. The number of amides is 1. The van der Waals surface area contributed by atoms with Gasteiger partial charge in [0.15, 0.2) is 0 Å². The average molecular weight is 377 g/mol. The number of carbonyl (C=O) groups is 1. The maximum absolute atomic E-state index is 12.7. The molecule has 2 heterocycles. The van der Waals surface area contributed by atoms with Gasteiger partial charge in [-0.25, -0.2) is 4.79 Å². The summed E-state index contributed by atoms with van der Waals surface area (Å²) in [5, 5.41) is 11.6. The van der Waals surface area contributed by atoms with Crippen molar-refractivity contribution in [3.8, 4) is 5.75 Å². The Morgan fingerprint density at radius 2 is 1.78 bits per heavy atom. The Kier molecular flexibility index (Phi) is 5.16. The quantitative estimate of drug-likeness (QED) is 0.856. The van der Waals surface area contributed by atoms with Crippen LogP contribution in [0.25, 0.3) is 0 Å². The molecule has 2 unspecified atom stereocenters. The summed E-state index contributed by atoms with van der Waals surface area (Å²) in [6, 6.07) is 3.56. The van der Waals surface area contributed by atoms with Crippen LogP contribution in [-0.2, 0) is 15.1 Å². The highest BCUT2D eigenvalue weighted by Gasteiger charge is 2.50. The molecule has 0 aliphatic carbocycles. The van der Waals surface area contributed by atoms with Gasteiger partial charge in [0, 0.05) is 12.8 Å². The lowest BCUT2D eigenvalue weighted by molar-refractivity contribution is -0.141. The molecule has 2 bridgehead atoms. The van der Waals surface area contributed by atoms with Crippen LogP contribution in [0.4, 0.5) is 4.79 Å². The molecular formula is C21H31NO5. The topological polar surface area (TPSA) is 68.2 Å². The molecule has 1 amide bonds. The second-order valence-corrected chi connectivity index (χ2v) is 8.81. The van der Waals surface area contributed by atoms with Crippen molar-refractivity contribution in [3.63, 3.8) is 0 Å². The van der Waals surface area contributed by atoms with Gasteiger partial charge in [0.25, 0.3) is 0 Å². The van der Waals surface area contributed by atoms with Crippen LogP contribution >= 0.6 is 0 Å². The van der Waals surface area contributed by atoms with Gasteiger partial charge in [0.1, 0.15) is 11.4 Å². The first kappa shape index (κ1) is 20.0. The number of carbonyl (C=O) groups excluding carboxylic acids is 1. The zero-order chi connectivity index (χ0) is 20.0. The number of aryl methyl sites for hydroxylation is 2. The molecule has 150 valence electrons. The van der Waals surface area contributed by atoms with Gasteiger partial charge in [-0.05, 0) is 63.4 Å². The summed E-state index contributed by atoms with van der Waals surface area (Å²) in [6.45, 7) is 10.4. The summed E-state index contributed by atoms with van der Waals surface area (Å²) in [5.41, 5.74) is 1.33. The first-order chi connectivity index (χ1) is 12.5. The van der Waals surface area contributed by atoms with Crippen LogP contribution in [0.5, 0.6) is 5.75 Å². The van der Waals surface area contributed by atoms with Gasteiger partial charge in [-0.15, -0.1) is 0 Å². The predicted octanol–water partition coefficient (Wildman–Crippen LogP) is 3.30. The van der Waals surface area contributed by atoms with Crippen LogP contribution in [0.3, 0.4) is 0 Å². The predicted molar refractivity (Wildman–Crippen MR) is 102 cm³/mol. The van der Waals surface area contributed by atoms with E-state index in [0.29, 0.717) is 26.1 Å². The molecule has 27 heavy (non-hydrogen) atoms. The number of benzene rings is 1. The molecule has 2 fully saturated rings. The highest BCUT2D eigenvalue weighted by Crippen LogP contribution is 2.43. The number of methoxy groups -OCH3 is 1. The SMILES string of the molecule is COc1cc(C)c(C2(O)CC3COCC(C2)N3C(=O)OC(C)(C)C)cc1C. The van der Waals surface area contributed by atoms with Crippen molar-refractivity contribution in [1.29, 1.82) is 0 Å². The van der Waals surface area contributed by atoms with E-state index in [1.54, 1.807) is 12.0 Å². The van der Waals surface area contributed by atoms with Gasteiger partial charge in [0.05, 0.1) is 38.0 Å². The van der Waals surface area contributed by atoms with E-state index in [1.165, 1.54) is 0 Å². The highest BCUT2D eigenvalue weighted by atomic mass is 16.6. The smallest absolute Gasteiger partial charge is 0.410 e. The molecule has 6 nitrogen and oxygen atoms in total. The first-order valence-electron chi connectivity index (χ1n) is 9.51. The number of piperidine rings is 1. The lowest BCUT2D eigenvalue weighted by Gasteiger charge is -2.51. The third-order valence-electron chi connectivity index (χ3n) is 5.40. The second-order valence-electron chi connectivity index (χ2n) is 8.81. The fourth-order valence-electron chi connectivity index (χ4n) is 4.32. The number of hydrogen-bond acceptors (Lipinski definition) is 5. The van der Waals surface area contributed by atoms with Gasteiger partial charge in [-0.3, -0.25) is 4.90 Å². The molecular weight excluding hydrogens is 346 g/mol. The third-order valence-corrected chi connectivity index (χ3v) is 5.40. The molecule has 0 radical (unpaired) electrons. The third kappa shape index (κ3) is 3.92. The number of morpholine rings is 1. The van der Waals surface area contributed by atoms with Gasteiger partial charge >= 0.3 is 6.09 Å². The largest absolute Gasteiger partial charge is 0.496 e. The first-order valence-corrected chi connectivity index (χ1v) is 9.51. The van der Waals surface area contributed by atoms with Crippen molar-refractivity contribution < 1.29 is 24.1 Å². The molecule has 2 saturated heterocycles. The summed E-state index contributed by atoms with van der Waals surface area (Å²) < 4.78 is 16.7. The van der Waals surface area contributed by atoms with Gasteiger partial charge in [-0.1, -0.05) is 0 Å². The zero-order valence-electron chi connectivity index (χ0n) is 17.2. The molecule has 0 spiro atoms. The van der Waals surface area contributed by atoms with Crippen LogP contribution in [-0.4, -0.2) is 54.1 Å². The van der Waals surface area contributed by atoms with Crippen molar-refractivity contribution in [1.82, 2.24) is 4.90 Å². The average Bonchev–Trinajstić information content (AvgIpc) is 2.54. The van der Waals surface area contributed by atoms with Crippen molar-refractivity contribution >= 4 is 6.09 Å². The van der Waals surface area contributed by atoms with Crippen molar-refractivity contribution in [2.45, 2.75) is 70.7 Å². The molecule has 2 aliphatic heterocycles. The van der Waals surface area contributed by atoms with Crippen molar-refractivity contribution in [2.24, 2.45) is 0 Å². The van der Waals surface area contributed by atoms with Crippen LogP contribution in [0.15, 0.2) is 12.1 Å². The molecule has 1 aromatic carbocycles. The fourth-order valence-corrected chi connectivity index (χ4v) is 4.32. The minimum Gasteiger partial charge on any atom is -0.496 e. The van der Waals surface area contributed by atoms with E-state index in [-0.39, 0.29) is 18.2 Å². The van der Waals surface area contributed by atoms with E-state index in [4.69, 9.17) is 14.2 Å². The van der Waals surface area contributed by atoms with E-state index >= 15 is 0 Å². The van der Waals surface area contributed by atoms with Gasteiger partial charge in [-0.2, -0.15) is 0 Å². The Bertz CT molecular complexity index is 710. The molecule has 0 aromatic heterocycles. The minimum atomic E-state index is -1.00. The lowest BCUT2D eigenvalue weighted by Crippen LogP contribution is -2.63. The molecule has 2 atom stereocenters. The highest BCUT2D eigenvalue weighted by molar-refractivity contribution is 5.69. The monoisotopic (exact) mass is 377 g/mol. The Morgan fingerprint density at radius 3 is 2.30 bits per heavy atom. The summed E-state index contributed by atoms with van der Waals surface area (Å²) in [5.74, 6) is 0.814. The number of aliphatic hydroxyl groups is 1. The number of fused-ring (bicyclic) bond motifs is 2. The Labute approximate surface area is 161 Å². The molecule has 3 rings (SSSR count). The van der Waals surface area contributed by atoms with Gasteiger partial charge < -0.3 is 19.3 Å². The van der Waals surface area contributed by atoms with Crippen molar-refractivity contribution in [3.05, 3.63) is 28.8 Å². The zero-order valence-corrected chi connectivity index (χ0v) is 17.2. The minimum absolute atomic E-state index is 0.209. The number of ether oxygens (including phenoxy) is 3. The van der Waals surface area contributed by atoms with Crippen molar-refractivity contribution in [2.75, 3.05) is 20.3 Å². The maximum Gasteiger partial charge on any atom is 0.410 e. The van der Waals surface area contributed by atoms with E-state index in [1.807, 2.05) is 46.8 Å². The summed E-state index contributed by atoms with van der Waals surface area (Å²) in [4.78, 5) is 14.5. The molecule has 0 saturated carbocycles. The Balaban J connectivity index is 1.90. The van der Waals surface area contributed by atoms with Gasteiger partial charge in [0.2, 0.25) is 0 Å². The molecule has 2 aliphatic rings.